The number of morpholine rings is 1. The normalized spacial score (nSPS) is 23.6. The molecule has 1 saturated carbocycles. The third-order valence-corrected chi connectivity index (χ3v) is 6.35. The molecule has 3 fully saturated rings. The highest BCUT2D eigenvalue weighted by molar-refractivity contribution is 5.95. The van der Waals surface area contributed by atoms with Crippen LogP contribution in [0, 0.1) is 18.8 Å². The quantitative estimate of drug-likeness (QED) is 0.663. The van der Waals surface area contributed by atoms with Crippen molar-refractivity contribution in [1.29, 1.82) is 0 Å². The van der Waals surface area contributed by atoms with E-state index in [0.29, 0.717) is 30.3 Å². The molecule has 3 aliphatic rings. The molecule has 0 bridgehead atoms. The van der Waals surface area contributed by atoms with Crippen molar-refractivity contribution in [2.75, 3.05) is 51.6 Å². The lowest BCUT2D eigenvalue weighted by atomic mass is 9.95. The Morgan fingerprint density at radius 2 is 1.97 bits per heavy atom. The molecule has 1 atom stereocenters. The van der Waals surface area contributed by atoms with Gasteiger partial charge in [-0.15, -0.1) is 0 Å². The predicted octanol–water partition coefficient (Wildman–Crippen LogP) is 0.446. The first-order valence-electron chi connectivity index (χ1n) is 11.0. The van der Waals surface area contributed by atoms with Crippen molar-refractivity contribution in [3.63, 3.8) is 0 Å². The molecule has 1 aliphatic carbocycles. The van der Waals surface area contributed by atoms with Gasteiger partial charge >= 0.3 is 0 Å². The molecule has 2 saturated heterocycles. The average Bonchev–Trinajstić information content (AvgIpc) is 3.54. The lowest BCUT2D eigenvalue weighted by Gasteiger charge is -2.38. The Bertz CT molecular complexity index is 776. The van der Waals surface area contributed by atoms with Gasteiger partial charge in [-0.2, -0.15) is 0 Å². The summed E-state index contributed by atoms with van der Waals surface area (Å²) in [5, 5.41) is 2.87. The number of aryl methyl sites for hydroxylation is 1. The van der Waals surface area contributed by atoms with E-state index in [1.807, 2.05) is 4.90 Å². The summed E-state index contributed by atoms with van der Waals surface area (Å²) in [6, 6.07) is 0. The molecule has 3 heterocycles. The zero-order valence-electron chi connectivity index (χ0n) is 17.7. The molecule has 0 radical (unpaired) electrons. The first-order chi connectivity index (χ1) is 14.5. The third-order valence-electron chi connectivity index (χ3n) is 6.35. The molecule has 0 aromatic carbocycles. The van der Waals surface area contributed by atoms with Crippen LogP contribution in [0.3, 0.4) is 0 Å². The zero-order valence-corrected chi connectivity index (χ0v) is 17.7. The van der Waals surface area contributed by atoms with E-state index < -0.39 is 0 Å². The zero-order chi connectivity index (χ0) is 21.1. The van der Waals surface area contributed by atoms with Crippen molar-refractivity contribution in [2.24, 2.45) is 11.8 Å². The van der Waals surface area contributed by atoms with Crippen LogP contribution in [0.5, 0.6) is 0 Å². The minimum atomic E-state index is -0.261. The molecule has 4 rings (SSSR count). The van der Waals surface area contributed by atoms with Crippen LogP contribution in [0.1, 0.15) is 41.7 Å². The number of nitrogens with one attached hydrogen (secondary N) is 1. The van der Waals surface area contributed by atoms with E-state index in [1.54, 1.807) is 6.92 Å². The van der Waals surface area contributed by atoms with E-state index >= 15 is 0 Å². The predicted molar refractivity (Wildman–Crippen MR) is 112 cm³/mol. The van der Waals surface area contributed by atoms with Gasteiger partial charge in [0.05, 0.1) is 17.4 Å². The summed E-state index contributed by atoms with van der Waals surface area (Å²) < 4.78 is 5.65. The summed E-state index contributed by atoms with van der Waals surface area (Å²) >= 11 is 0. The van der Waals surface area contributed by atoms with Crippen molar-refractivity contribution in [3.05, 3.63) is 17.5 Å². The van der Waals surface area contributed by atoms with Gasteiger partial charge < -0.3 is 25.6 Å². The van der Waals surface area contributed by atoms with Gasteiger partial charge in [-0.3, -0.25) is 9.59 Å². The number of amides is 2. The minimum Gasteiger partial charge on any atom is -0.368 e. The third kappa shape index (κ3) is 5.46. The number of carbonyl (C=O) groups excluding carboxylic acids is 2. The number of piperidine rings is 1. The van der Waals surface area contributed by atoms with Gasteiger partial charge in [0.15, 0.2) is 0 Å². The number of nitrogens with zero attached hydrogens (tertiary/aromatic N) is 4. The van der Waals surface area contributed by atoms with Crippen LogP contribution in [0.2, 0.25) is 0 Å². The van der Waals surface area contributed by atoms with Crippen LogP contribution in [0.4, 0.5) is 5.95 Å². The molecule has 1 aromatic rings. The largest absolute Gasteiger partial charge is 0.368 e. The van der Waals surface area contributed by atoms with Gasteiger partial charge in [0, 0.05) is 32.4 Å². The summed E-state index contributed by atoms with van der Waals surface area (Å²) in [4.78, 5) is 37.2. The van der Waals surface area contributed by atoms with Gasteiger partial charge in [0.1, 0.15) is 6.61 Å². The fraction of sp³-hybridized carbons (Fsp3) is 0.714. The number of anilines is 1. The number of rotatable bonds is 7. The number of likely N-dealkylation sites (tertiary alicyclic amines) is 1. The molecule has 2 aliphatic heterocycles. The smallest absolute Gasteiger partial charge is 0.254 e. The molecule has 3 N–H and O–H groups in total. The highest BCUT2D eigenvalue weighted by Crippen LogP contribution is 2.31. The molecule has 0 spiro atoms. The number of carbonyl (C=O) groups is 2. The van der Waals surface area contributed by atoms with Crippen LogP contribution in [-0.2, 0) is 9.53 Å². The van der Waals surface area contributed by atoms with E-state index in [2.05, 4.69) is 20.2 Å². The van der Waals surface area contributed by atoms with Gasteiger partial charge in [-0.05, 0) is 57.5 Å². The van der Waals surface area contributed by atoms with Crippen molar-refractivity contribution < 1.29 is 14.3 Å². The number of aromatic nitrogens is 2. The van der Waals surface area contributed by atoms with Gasteiger partial charge in [-0.25, -0.2) is 9.97 Å². The van der Waals surface area contributed by atoms with Crippen molar-refractivity contribution in [1.82, 2.24) is 25.1 Å². The van der Waals surface area contributed by atoms with Gasteiger partial charge in [0.25, 0.3) is 5.91 Å². The summed E-state index contributed by atoms with van der Waals surface area (Å²) in [5.74, 6) is 1.41. The maximum atomic E-state index is 12.4. The van der Waals surface area contributed by atoms with Gasteiger partial charge in [0.2, 0.25) is 11.9 Å². The Balaban J connectivity index is 1.23. The highest BCUT2D eigenvalue weighted by Gasteiger charge is 2.31. The molecular formula is C21H32N6O3. The molecule has 9 heteroatoms. The maximum absolute atomic E-state index is 12.4. The minimum absolute atomic E-state index is 0.0424. The first-order valence-corrected chi connectivity index (χ1v) is 11.0. The molecular weight excluding hydrogens is 384 g/mol. The van der Waals surface area contributed by atoms with E-state index in [-0.39, 0.29) is 30.5 Å². The van der Waals surface area contributed by atoms with E-state index in [1.165, 1.54) is 25.6 Å². The second kappa shape index (κ2) is 9.26. The van der Waals surface area contributed by atoms with Crippen molar-refractivity contribution >= 4 is 17.8 Å². The Morgan fingerprint density at radius 3 is 2.67 bits per heavy atom. The van der Waals surface area contributed by atoms with Crippen LogP contribution in [0.15, 0.2) is 6.20 Å². The SMILES string of the molecule is Cc1nc(N)ncc1C(=O)NCC1CN(CC2CCN(CC3CC3)CC2)C(=O)CO1. The first kappa shape index (κ1) is 21.0. The Morgan fingerprint density at radius 1 is 1.23 bits per heavy atom. The number of hydrogen-bond donors (Lipinski definition) is 2. The highest BCUT2D eigenvalue weighted by atomic mass is 16.5. The van der Waals surface area contributed by atoms with Crippen LogP contribution in [-0.4, -0.2) is 83.6 Å². The molecule has 30 heavy (non-hydrogen) atoms. The van der Waals surface area contributed by atoms with E-state index in [4.69, 9.17) is 10.5 Å². The lowest BCUT2D eigenvalue weighted by molar-refractivity contribution is -0.149. The van der Waals surface area contributed by atoms with E-state index in [0.717, 1.165) is 38.4 Å². The fourth-order valence-electron chi connectivity index (χ4n) is 4.32. The summed E-state index contributed by atoms with van der Waals surface area (Å²) in [7, 11) is 0. The number of ether oxygens (including phenoxy) is 1. The van der Waals surface area contributed by atoms with Crippen LogP contribution < -0.4 is 11.1 Å². The molecule has 2 amide bonds. The average molecular weight is 417 g/mol. The fourth-order valence-corrected chi connectivity index (χ4v) is 4.32. The summed E-state index contributed by atoms with van der Waals surface area (Å²) in [6.45, 7) is 6.97. The molecule has 1 aromatic heterocycles. The second-order valence-corrected chi connectivity index (χ2v) is 8.86. The summed E-state index contributed by atoms with van der Waals surface area (Å²) in [6.07, 6.45) is 6.30. The molecule has 9 nitrogen and oxygen atoms in total. The Labute approximate surface area is 177 Å². The maximum Gasteiger partial charge on any atom is 0.254 e. The second-order valence-electron chi connectivity index (χ2n) is 8.86. The standard InChI is InChI=1S/C21H32N6O3/c1-14-18(9-24-21(22)25-14)20(29)23-8-17-12-27(19(28)13-30-17)11-16-4-6-26(7-5-16)10-15-2-3-15/h9,15-17H,2-8,10-13H2,1H3,(H,23,29)(H2,22,24,25). The van der Waals surface area contributed by atoms with Crippen molar-refractivity contribution in [3.8, 4) is 0 Å². The monoisotopic (exact) mass is 416 g/mol. The lowest BCUT2D eigenvalue weighted by Crippen LogP contribution is -2.52. The number of nitrogens with two attached hydrogens (primary N) is 1. The Kier molecular flexibility index (Phi) is 6.48. The molecule has 1 unspecified atom stereocenters. The van der Waals surface area contributed by atoms with Crippen LogP contribution in [0.25, 0.3) is 0 Å². The number of hydrogen-bond acceptors (Lipinski definition) is 7. The Hall–Kier alpha value is -2.26. The summed E-state index contributed by atoms with van der Waals surface area (Å²) in [5.41, 5.74) is 6.47. The van der Waals surface area contributed by atoms with Crippen molar-refractivity contribution in [2.45, 2.75) is 38.7 Å². The topological polar surface area (TPSA) is 114 Å². The van der Waals surface area contributed by atoms with Gasteiger partial charge in [-0.1, -0.05) is 0 Å². The van der Waals surface area contributed by atoms with Crippen LogP contribution >= 0.6 is 0 Å². The molecule has 164 valence electrons. The van der Waals surface area contributed by atoms with E-state index in [9.17, 15) is 9.59 Å². The number of nitrogen functional groups attached to an aromatic ring is 1.